The Balaban J connectivity index is 2.32. The van der Waals surface area contributed by atoms with Gasteiger partial charge in [-0.25, -0.2) is 15.8 Å². The molecule has 18 heavy (non-hydrogen) atoms. The van der Waals surface area contributed by atoms with E-state index in [1.807, 2.05) is 18.2 Å². The Morgan fingerprint density at radius 1 is 1.22 bits per heavy atom. The first kappa shape index (κ1) is 12.9. The first-order chi connectivity index (χ1) is 8.85. The van der Waals surface area contributed by atoms with Gasteiger partial charge in [-0.05, 0) is 18.6 Å². The summed E-state index contributed by atoms with van der Waals surface area (Å²) in [5, 5.41) is 0.964. The zero-order valence-corrected chi connectivity index (χ0v) is 11.1. The number of nitrogens with two attached hydrogens (primary N) is 1. The minimum atomic E-state index is 0.713. The Labute approximate surface area is 111 Å². The van der Waals surface area contributed by atoms with E-state index in [2.05, 4.69) is 34.5 Å². The van der Waals surface area contributed by atoms with Gasteiger partial charge in [0.05, 0.1) is 0 Å². The summed E-state index contributed by atoms with van der Waals surface area (Å²) in [6.07, 6.45) is 3.49. The second-order valence-electron chi connectivity index (χ2n) is 3.82. The van der Waals surface area contributed by atoms with Gasteiger partial charge < -0.3 is 5.43 Å². The minimum Gasteiger partial charge on any atom is -0.308 e. The highest BCUT2D eigenvalue weighted by molar-refractivity contribution is 7.99. The van der Waals surface area contributed by atoms with Crippen LogP contribution in [0.15, 0.2) is 46.6 Å². The molecule has 0 bridgehead atoms. The SMILES string of the molecule is CCCc1c(NN)ncnc1Sc1ccccc1. The second-order valence-corrected chi connectivity index (χ2v) is 4.88. The van der Waals surface area contributed by atoms with Crippen LogP contribution in [0.4, 0.5) is 5.82 Å². The molecule has 0 saturated carbocycles. The summed E-state index contributed by atoms with van der Waals surface area (Å²) in [4.78, 5) is 9.68. The van der Waals surface area contributed by atoms with Crippen LogP contribution < -0.4 is 11.3 Å². The van der Waals surface area contributed by atoms with Crippen LogP contribution in [-0.2, 0) is 6.42 Å². The van der Waals surface area contributed by atoms with Gasteiger partial charge in [0, 0.05) is 10.5 Å². The Morgan fingerprint density at radius 2 is 2.00 bits per heavy atom. The van der Waals surface area contributed by atoms with Crippen LogP contribution in [0.3, 0.4) is 0 Å². The van der Waals surface area contributed by atoms with Crippen LogP contribution in [0.25, 0.3) is 0 Å². The summed E-state index contributed by atoms with van der Waals surface area (Å²) < 4.78 is 0. The smallest absolute Gasteiger partial charge is 0.147 e. The molecule has 0 saturated heterocycles. The number of nitrogens with one attached hydrogen (secondary N) is 1. The van der Waals surface area contributed by atoms with E-state index >= 15 is 0 Å². The van der Waals surface area contributed by atoms with E-state index in [4.69, 9.17) is 5.84 Å². The molecule has 0 aliphatic rings. The molecule has 2 aromatic rings. The van der Waals surface area contributed by atoms with E-state index in [-0.39, 0.29) is 0 Å². The van der Waals surface area contributed by atoms with E-state index in [0.717, 1.165) is 28.3 Å². The number of nitrogen functional groups attached to an aromatic ring is 1. The van der Waals surface area contributed by atoms with Crippen molar-refractivity contribution in [1.29, 1.82) is 0 Å². The molecule has 1 aromatic heterocycles. The maximum atomic E-state index is 5.49. The van der Waals surface area contributed by atoms with Crippen molar-refractivity contribution in [3.05, 3.63) is 42.2 Å². The van der Waals surface area contributed by atoms with Gasteiger partial charge in [-0.3, -0.25) is 0 Å². The van der Waals surface area contributed by atoms with E-state index < -0.39 is 0 Å². The highest BCUT2D eigenvalue weighted by Gasteiger charge is 2.11. The van der Waals surface area contributed by atoms with Crippen molar-refractivity contribution >= 4 is 17.6 Å². The number of nitrogens with zero attached hydrogens (tertiary/aromatic N) is 2. The summed E-state index contributed by atoms with van der Waals surface area (Å²) >= 11 is 1.64. The molecule has 0 aliphatic heterocycles. The lowest BCUT2D eigenvalue weighted by Crippen LogP contribution is -2.12. The predicted molar refractivity (Wildman–Crippen MR) is 74.4 cm³/mol. The molecule has 4 nitrogen and oxygen atoms in total. The summed E-state index contributed by atoms with van der Waals surface area (Å²) in [5.74, 6) is 6.21. The standard InChI is InChI=1S/C13H16N4S/c1-2-6-11-12(17-14)15-9-16-13(11)18-10-7-4-3-5-8-10/h3-5,7-9H,2,6,14H2,1H3,(H,15,16,17). The van der Waals surface area contributed by atoms with Crippen molar-refractivity contribution in [2.75, 3.05) is 5.43 Å². The van der Waals surface area contributed by atoms with Crippen LogP contribution >= 0.6 is 11.8 Å². The molecule has 2 rings (SSSR count). The van der Waals surface area contributed by atoms with Crippen molar-refractivity contribution < 1.29 is 0 Å². The maximum absolute atomic E-state index is 5.49. The van der Waals surface area contributed by atoms with E-state index in [0.29, 0.717) is 5.82 Å². The highest BCUT2D eigenvalue weighted by atomic mass is 32.2. The van der Waals surface area contributed by atoms with E-state index in [9.17, 15) is 0 Å². The van der Waals surface area contributed by atoms with Crippen molar-refractivity contribution in [3.63, 3.8) is 0 Å². The van der Waals surface area contributed by atoms with Gasteiger partial charge in [-0.15, -0.1) is 0 Å². The number of hydrazine groups is 1. The third-order valence-corrected chi connectivity index (χ3v) is 3.55. The van der Waals surface area contributed by atoms with Gasteiger partial charge in [0.25, 0.3) is 0 Å². The Bertz CT molecular complexity index is 502. The number of aromatic nitrogens is 2. The molecule has 0 fully saturated rings. The molecule has 0 atom stereocenters. The van der Waals surface area contributed by atoms with Crippen LogP contribution in [0.2, 0.25) is 0 Å². The molecule has 5 heteroatoms. The Kier molecular flexibility index (Phi) is 4.55. The van der Waals surface area contributed by atoms with Gasteiger partial charge >= 0.3 is 0 Å². The zero-order valence-electron chi connectivity index (χ0n) is 10.3. The molecule has 0 spiro atoms. The van der Waals surface area contributed by atoms with Crippen LogP contribution in [-0.4, -0.2) is 9.97 Å². The minimum absolute atomic E-state index is 0.713. The third kappa shape index (κ3) is 3.00. The number of hydrogen-bond acceptors (Lipinski definition) is 5. The van der Waals surface area contributed by atoms with Gasteiger partial charge in [-0.1, -0.05) is 43.3 Å². The fourth-order valence-electron chi connectivity index (χ4n) is 1.68. The van der Waals surface area contributed by atoms with E-state index in [1.54, 1.807) is 18.1 Å². The largest absolute Gasteiger partial charge is 0.308 e. The maximum Gasteiger partial charge on any atom is 0.147 e. The fourth-order valence-corrected chi connectivity index (χ4v) is 2.62. The molecule has 0 amide bonds. The molecular formula is C13H16N4S. The van der Waals surface area contributed by atoms with Gasteiger partial charge in [0.1, 0.15) is 17.2 Å². The number of rotatable bonds is 5. The Hall–Kier alpha value is -1.59. The number of hydrogen-bond donors (Lipinski definition) is 2. The van der Waals surface area contributed by atoms with Crippen molar-refractivity contribution in [1.82, 2.24) is 9.97 Å². The first-order valence-electron chi connectivity index (χ1n) is 5.88. The molecular weight excluding hydrogens is 244 g/mol. The lowest BCUT2D eigenvalue weighted by atomic mass is 10.2. The molecule has 0 aliphatic carbocycles. The highest BCUT2D eigenvalue weighted by Crippen LogP contribution is 2.31. The van der Waals surface area contributed by atoms with Gasteiger partial charge in [0.15, 0.2) is 0 Å². The summed E-state index contributed by atoms with van der Waals surface area (Å²) in [7, 11) is 0. The van der Waals surface area contributed by atoms with Gasteiger partial charge in [0.2, 0.25) is 0 Å². The van der Waals surface area contributed by atoms with Crippen LogP contribution in [0.5, 0.6) is 0 Å². The number of benzene rings is 1. The Morgan fingerprint density at radius 3 is 2.67 bits per heavy atom. The fraction of sp³-hybridized carbons (Fsp3) is 0.231. The summed E-state index contributed by atoms with van der Waals surface area (Å²) in [6, 6.07) is 10.2. The molecule has 94 valence electrons. The molecule has 0 unspecified atom stereocenters. The lowest BCUT2D eigenvalue weighted by molar-refractivity contribution is 0.856. The lowest BCUT2D eigenvalue weighted by Gasteiger charge is -2.11. The normalized spacial score (nSPS) is 10.3. The average molecular weight is 260 g/mol. The molecule has 1 heterocycles. The number of anilines is 1. The summed E-state index contributed by atoms with van der Waals surface area (Å²) in [5.41, 5.74) is 3.72. The summed E-state index contributed by atoms with van der Waals surface area (Å²) in [6.45, 7) is 2.13. The quantitative estimate of drug-likeness (QED) is 0.491. The van der Waals surface area contributed by atoms with Crippen molar-refractivity contribution in [3.8, 4) is 0 Å². The molecule has 1 aromatic carbocycles. The predicted octanol–water partition coefficient (Wildman–Crippen LogP) is 2.87. The topological polar surface area (TPSA) is 63.8 Å². The third-order valence-electron chi connectivity index (χ3n) is 2.50. The van der Waals surface area contributed by atoms with Crippen LogP contribution in [0.1, 0.15) is 18.9 Å². The molecule has 3 N–H and O–H groups in total. The second kappa shape index (κ2) is 6.37. The average Bonchev–Trinajstić information content (AvgIpc) is 2.42. The molecule has 0 radical (unpaired) electrons. The van der Waals surface area contributed by atoms with Gasteiger partial charge in [-0.2, -0.15) is 0 Å². The first-order valence-corrected chi connectivity index (χ1v) is 6.70. The van der Waals surface area contributed by atoms with Crippen molar-refractivity contribution in [2.24, 2.45) is 5.84 Å². The van der Waals surface area contributed by atoms with E-state index in [1.165, 1.54) is 0 Å². The zero-order chi connectivity index (χ0) is 12.8. The van der Waals surface area contributed by atoms with Crippen LogP contribution in [0, 0.1) is 0 Å². The van der Waals surface area contributed by atoms with Crippen molar-refractivity contribution in [2.45, 2.75) is 29.7 Å². The monoisotopic (exact) mass is 260 g/mol.